The van der Waals surface area contributed by atoms with Crippen molar-refractivity contribution in [2.45, 2.75) is 0 Å². The minimum Gasteiger partial charge on any atom is -0.507 e. The van der Waals surface area contributed by atoms with Crippen LogP contribution in [0.1, 0.15) is 15.9 Å². The number of allylic oxidation sites excluding steroid dienone is 1. The van der Waals surface area contributed by atoms with Crippen molar-refractivity contribution in [3.05, 3.63) is 69.8 Å². The number of phenolic OH excluding ortho intramolecular Hbond substituents is 1. The summed E-state index contributed by atoms with van der Waals surface area (Å²) in [5.41, 5.74) is -0.230. The van der Waals surface area contributed by atoms with Crippen LogP contribution < -0.4 is 4.74 Å². The predicted molar refractivity (Wildman–Crippen MR) is 82.7 cm³/mol. The molecule has 7 nitrogen and oxygen atoms in total. The fourth-order valence-corrected chi connectivity index (χ4v) is 1.88. The molecule has 118 valence electrons. The first-order chi connectivity index (χ1) is 10.9. The first kappa shape index (κ1) is 16.0. The Morgan fingerprint density at radius 2 is 1.87 bits per heavy atom. The monoisotopic (exact) mass is 315 g/mol. The molecule has 0 aliphatic rings. The highest BCUT2D eigenvalue weighted by atomic mass is 16.6. The number of aliphatic hydroxyl groups excluding tert-OH is 1. The molecule has 0 aromatic heterocycles. The van der Waals surface area contributed by atoms with Crippen molar-refractivity contribution in [2.24, 2.45) is 0 Å². The van der Waals surface area contributed by atoms with Gasteiger partial charge in [-0.1, -0.05) is 0 Å². The van der Waals surface area contributed by atoms with Crippen LogP contribution in [0.5, 0.6) is 11.5 Å². The Kier molecular flexibility index (Phi) is 4.61. The quantitative estimate of drug-likeness (QED) is 0.288. The zero-order valence-corrected chi connectivity index (χ0v) is 12.1. The van der Waals surface area contributed by atoms with Gasteiger partial charge in [0.15, 0.2) is 5.78 Å². The minimum absolute atomic E-state index is 0.265. The summed E-state index contributed by atoms with van der Waals surface area (Å²) in [7, 11) is 1.50. The van der Waals surface area contributed by atoms with Crippen LogP contribution in [0.25, 0.3) is 5.76 Å². The van der Waals surface area contributed by atoms with E-state index in [2.05, 4.69) is 0 Å². The lowest BCUT2D eigenvalue weighted by Crippen LogP contribution is -1.99. The van der Waals surface area contributed by atoms with Gasteiger partial charge in [-0.25, -0.2) is 0 Å². The van der Waals surface area contributed by atoms with Gasteiger partial charge in [0.1, 0.15) is 17.3 Å². The number of non-ortho nitro benzene ring substituents is 1. The van der Waals surface area contributed by atoms with Gasteiger partial charge in [0.05, 0.1) is 17.6 Å². The second-order valence-corrected chi connectivity index (χ2v) is 4.58. The number of phenols is 1. The predicted octanol–water partition coefficient (Wildman–Crippen LogP) is 3.09. The molecule has 2 aromatic carbocycles. The first-order valence-corrected chi connectivity index (χ1v) is 6.49. The molecule has 0 spiro atoms. The van der Waals surface area contributed by atoms with Crippen LogP contribution in [0.4, 0.5) is 5.69 Å². The van der Waals surface area contributed by atoms with Crippen molar-refractivity contribution >= 4 is 17.2 Å². The smallest absolute Gasteiger partial charge is 0.270 e. The van der Waals surface area contributed by atoms with Crippen molar-refractivity contribution in [3.8, 4) is 11.5 Å². The average molecular weight is 315 g/mol. The molecule has 0 saturated heterocycles. The van der Waals surface area contributed by atoms with Gasteiger partial charge < -0.3 is 14.9 Å². The Morgan fingerprint density at radius 1 is 1.22 bits per heavy atom. The third-order valence-corrected chi connectivity index (χ3v) is 3.11. The lowest BCUT2D eigenvalue weighted by atomic mass is 10.1. The number of aliphatic hydroxyl groups is 1. The minimum atomic E-state index is -0.750. The Bertz CT molecular complexity index is 780. The van der Waals surface area contributed by atoms with E-state index in [9.17, 15) is 25.1 Å². The van der Waals surface area contributed by atoms with E-state index >= 15 is 0 Å². The van der Waals surface area contributed by atoms with Crippen molar-refractivity contribution in [3.63, 3.8) is 0 Å². The molecular formula is C16H13NO6. The topological polar surface area (TPSA) is 110 Å². The lowest BCUT2D eigenvalue weighted by Gasteiger charge is -2.04. The van der Waals surface area contributed by atoms with Crippen LogP contribution >= 0.6 is 0 Å². The first-order valence-electron chi connectivity index (χ1n) is 6.49. The van der Waals surface area contributed by atoms with E-state index in [-0.39, 0.29) is 17.0 Å². The number of ketones is 1. The number of aromatic hydroxyl groups is 1. The molecule has 0 fully saturated rings. The average Bonchev–Trinajstić information content (AvgIpc) is 2.54. The van der Waals surface area contributed by atoms with Gasteiger partial charge in [0.25, 0.3) is 5.69 Å². The summed E-state index contributed by atoms with van der Waals surface area (Å²) in [6.07, 6.45) is 0.889. The zero-order chi connectivity index (χ0) is 17.0. The maximum absolute atomic E-state index is 12.1. The van der Waals surface area contributed by atoms with E-state index in [1.165, 1.54) is 7.11 Å². The summed E-state index contributed by atoms with van der Waals surface area (Å²) in [6.45, 7) is 0. The molecule has 7 heteroatoms. The van der Waals surface area contributed by atoms with Gasteiger partial charge in [-0.2, -0.15) is 0 Å². The number of benzene rings is 2. The van der Waals surface area contributed by atoms with Crippen molar-refractivity contribution in [1.29, 1.82) is 0 Å². The van der Waals surface area contributed by atoms with Crippen molar-refractivity contribution in [2.75, 3.05) is 7.11 Å². The molecule has 0 amide bonds. The summed E-state index contributed by atoms with van der Waals surface area (Å²) >= 11 is 0. The number of ether oxygens (including phenoxy) is 1. The fourth-order valence-electron chi connectivity index (χ4n) is 1.88. The summed E-state index contributed by atoms with van der Waals surface area (Å²) in [5, 5.41) is 30.4. The lowest BCUT2D eigenvalue weighted by molar-refractivity contribution is -0.384. The molecule has 0 heterocycles. The number of methoxy groups -OCH3 is 1. The number of hydrogen-bond donors (Lipinski definition) is 2. The highest BCUT2D eigenvalue weighted by molar-refractivity contribution is 6.09. The van der Waals surface area contributed by atoms with Crippen molar-refractivity contribution in [1.82, 2.24) is 0 Å². The van der Waals surface area contributed by atoms with Crippen LogP contribution in [0.3, 0.4) is 0 Å². The maximum atomic E-state index is 12.1. The molecule has 0 radical (unpaired) electrons. The Hall–Kier alpha value is -3.35. The van der Waals surface area contributed by atoms with Crippen molar-refractivity contribution < 1.29 is 24.7 Å². The molecule has 0 atom stereocenters. The van der Waals surface area contributed by atoms with Gasteiger partial charge >= 0.3 is 0 Å². The van der Waals surface area contributed by atoms with E-state index in [1.54, 1.807) is 24.3 Å². The summed E-state index contributed by atoms with van der Waals surface area (Å²) < 4.78 is 4.99. The molecule has 2 rings (SSSR count). The molecule has 0 aliphatic carbocycles. The molecule has 0 saturated carbocycles. The van der Waals surface area contributed by atoms with Crippen LogP contribution in [-0.4, -0.2) is 28.0 Å². The Morgan fingerprint density at radius 3 is 2.43 bits per heavy atom. The number of carbonyl (C=O) groups is 1. The number of hydrogen-bond acceptors (Lipinski definition) is 6. The fraction of sp³-hybridized carbons (Fsp3) is 0.0625. The number of nitrogens with zero attached hydrogens (tertiary/aromatic N) is 1. The van der Waals surface area contributed by atoms with E-state index < -0.39 is 16.5 Å². The highest BCUT2D eigenvalue weighted by Gasteiger charge is 2.16. The highest BCUT2D eigenvalue weighted by Crippen LogP contribution is 2.25. The second kappa shape index (κ2) is 6.61. The second-order valence-electron chi connectivity index (χ2n) is 4.58. The van der Waals surface area contributed by atoms with Gasteiger partial charge in [-0.3, -0.25) is 14.9 Å². The SMILES string of the molecule is COc1ccc(/C(O)=C/C(=O)c2cc([N+](=O)[O-])ccc2O)cc1. The number of rotatable bonds is 5. The van der Waals surface area contributed by atoms with Crippen LogP contribution in [0.15, 0.2) is 48.5 Å². The molecular weight excluding hydrogens is 302 g/mol. The van der Waals surface area contributed by atoms with Crippen LogP contribution in [0.2, 0.25) is 0 Å². The molecule has 2 aromatic rings. The number of carbonyl (C=O) groups excluding carboxylic acids is 1. The third-order valence-electron chi connectivity index (χ3n) is 3.11. The van der Waals surface area contributed by atoms with Crippen LogP contribution in [-0.2, 0) is 0 Å². The molecule has 0 bridgehead atoms. The maximum Gasteiger partial charge on any atom is 0.270 e. The molecule has 2 N–H and O–H groups in total. The molecule has 23 heavy (non-hydrogen) atoms. The molecule has 0 unspecified atom stereocenters. The van der Waals surface area contributed by atoms with E-state index in [0.717, 1.165) is 24.3 Å². The summed E-state index contributed by atoms with van der Waals surface area (Å²) in [4.78, 5) is 22.2. The summed E-state index contributed by atoms with van der Waals surface area (Å²) in [5.74, 6) is -0.897. The van der Waals surface area contributed by atoms with Gasteiger partial charge in [0, 0.05) is 23.8 Å². The summed E-state index contributed by atoms with van der Waals surface area (Å²) in [6, 6.07) is 9.40. The molecule has 0 aliphatic heterocycles. The Labute approximate surface area is 131 Å². The largest absolute Gasteiger partial charge is 0.507 e. The van der Waals surface area contributed by atoms with Gasteiger partial charge in [-0.05, 0) is 30.3 Å². The third kappa shape index (κ3) is 3.65. The number of nitro groups is 1. The Balaban J connectivity index is 2.32. The van der Waals surface area contributed by atoms with Crippen LogP contribution in [0, 0.1) is 10.1 Å². The number of nitro benzene ring substituents is 1. The standard InChI is InChI=1S/C16H13NO6/c1-23-12-5-2-10(3-6-12)15(19)9-16(20)13-8-11(17(21)22)4-7-14(13)18/h2-9,18-19H,1H3/b15-9-. The van der Waals surface area contributed by atoms with E-state index in [4.69, 9.17) is 4.74 Å². The van der Waals surface area contributed by atoms with E-state index in [0.29, 0.717) is 11.3 Å². The zero-order valence-electron chi connectivity index (χ0n) is 12.1. The van der Waals surface area contributed by atoms with Gasteiger partial charge in [0.2, 0.25) is 0 Å². The normalized spacial score (nSPS) is 11.1. The van der Waals surface area contributed by atoms with Gasteiger partial charge in [-0.15, -0.1) is 0 Å². The van der Waals surface area contributed by atoms with E-state index in [1.807, 2.05) is 0 Å².